The molecule has 0 radical (unpaired) electrons. The number of hydrogen-bond acceptors (Lipinski definition) is 1. The Morgan fingerprint density at radius 1 is 1.14 bits per heavy atom. The van der Waals surface area contributed by atoms with Crippen LogP contribution in [-0.4, -0.2) is 12.7 Å². The van der Waals surface area contributed by atoms with Gasteiger partial charge in [0.25, 0.3) is 0 Å². The molecule has 0 unspecified atom stereocenters. The smallest absolute Gasteiger partial charge is 0.0594 e. The Balaban J connectivity index is 0. The molecular weight excluding hydrogens is 112 g/mol. The Labute approximate surface area is 51.5 Å². The fourth-order valence-electron chi connectivity index (χ4n) is 0. The highest BCUT2D eigenvalue weighted by Gasteiger charge is 2.03. The average molecular weight is 125 g/mol. The van der Waals surface area contributed by atoms with Gasteiger partial charge in [0, 0.05) is 7.11 Å². The SMILES string of the molecule is COC(C)(C)C.Cl. The molecule has 2 heteroatoms. The van der Waals surface area contributed by atoms with Gasteiger partial charge in [-0.05, 0) is 20.8 Å². The van der Waals surface area contributed by atoms with Crippen molar-refractivity contribution in [1.29, 1.82) is 0 Å². The predicted octanol–water partition coefficient (Wildman–Crippen LogP) is 1.85. The summed E-state index contributed by atoms with van der Waals surface area (Å²) in [6.07, 6.45) is 0. The van der Waals surface area contributed by atoms with E-state index < -0.39 is 0 Å². The summed E-state index contributed by atoms with van der Waals surface area (Å²) in [7, 11) is 1.71. The number of methoxy groups -OCH3 is 1. The summed E-state index contributed by atoms with van der Waals surface area (Å²) in [6, 6.07) is 0. The first-order chi connectivity index (χ1) is 2.56. The lowest BCUT2D eigenvalue weighted by Crippen LogP contribution is -2.15. The van der Waals surface area contributed by atoms with E-state index in [9.17, 15) is 0 Å². The molecule has 0 aliphatic carbocycles. The van der Waals surface area contributed by atoms with Gasteiger partial charge in [-0.25, -0.2) is 0 Å². The molecule has 0 amide bonds. The molecule has 0 aromatic rings. The maximum Gasteiger partial charge on any atom is 0.0594 e. The maximum atomic E-state index is 4.94. The highest BCUT2D eigenvalue weighted by molar-refractivity contribution is 5.85. The first kappa shape index (κ1) is 10.3. The Morgan fingerprint density at radius 3 is 1.29 bits per heavy atom. The Kier molecular flexibility index (Phi) is 4.81. The lowest BCUT2D eigenvalue weighted by atomic mass is 10.2. The molecule has 0 saturated carbocycles. The highest BCUT2D eigenvalue weighted by Crippen LogP contribution is 2.02. The van der Waals surface area contributed by atoms with Crippen LogP contribution in [0.1, 0.15) is 20.8 Å². The van der Waals surface area contributed by atoms with E-state index in [4.69, 9.17) is 4.74 Å². The van der Waals surface area contributed by atoms with Gasteiger partial charge in [0.05, 0.1) is 5.60 Å². The predicted molar refractivity (Wildman–Crippen MR) is 34.0 cm³/mol. The van der Waals surface area contributed by atoms with Crippen LogP contribution in [0.15, 0.2) is 0 Å². The summed E-state index contributed by atoms with van der Waals surface area (Å²) in [4.78, 5) is 0. The molecule has 0 saturated heterocycles. The normalized spacial score (nSPS) is 10.3. The molecule has 0 heterocycles. The molecule has 0 rings (SSSR count). The molecule has 0 fully saturated rings. The average Bonchev–Trinajstić information content (AvgIpc) is 1.35. The minimum absolute atomic E-state index is 0. The fraction of sp³-hybridized carbons (Fsp3) is 1.00. The molecule has 0 N–H and O–H groups in total. The maximum absolute atomic E-state index is 4.94. The summed E-state index contributed by atoms with van der Waals surface area (Å²) in [5.74, 6) is 0. The minimum Gasteiger partial charge on any atom is -0.379 e. The van der Waals surface area contributed by atoms with E-state index in [-0.39, 0.29) is 18.0 Å². The van der Waals surface area contributed by atoms with E-state index in [0.717, 1.165) is 0 Å². The third-order valence-corrected chi connectivity index (χ3v) is 0.612. The van der Waals surface area contributed by atoms with E-state index in [1.807, 2.05) is 20.8 Å². The number of halogens is 1. The second-order valence-corrected chi connectivity index (χ2v) is 2.32. The molecule has 0 atom stereocenters. The van der Waals surface area contributed by atoms with Gasteiger partial charge in [0.15, 0.2) is 0 Å². The van der Waals surface area contributed by atoms with Gasteiger partial charge in [-0.2, -0.15) is 0 Å². The summed E-state index contributed by atoms with van der Waals surface area (Å²) < 4.78 is 4.94. The summed E-state index contributed by atoms with van der Waals surface area (Å²) in [6.45, 7) is 6.06. The molecular formula is C5H13ClO. The van der Waals surface area contributed by atoms with Crippen LogP contribution in [-0.2, 0) is 4.74 Å². The van der Waals surface area contributed by atoms with Crippen molar-refractivity contribution in [1.82, 2.24) is 0 Å². The third-order valence-electron chi connectivity index (χ3n) is 0.612. The second kappa shape index (κ2) is 3.28. The summed E-state index contributed by atoms with van der Waals surface area (Å²) >= 11 is 0. The van der Waals surface area contributed by atoms with Crippen LogP contribution in [0.5, 0.6) is 0 Å². The van der Waals surface area contributed by atoms with Crippen molar-refractivity contribution in [3.05, 3.63) is 0 Å². The van der Waals surface area contributed by atoms with E-state index in [1.165, 1.54) is 0 Å². The molecule has 46 valence electrons. The van der Waals surface area contributed by atoms with Gasteiger partial charge in [0.1, 0.15) is 0 Å². The zero-order chi connectivity index (χ0) is 5.21. The van der Waals surface area contributed by atoms with Crippen LogP contribution in [0.25, 0.3) is 0 Å². The van der Waals surface area contributed by atoms with Gasteiger partial charge >= 0.3 is 0 Å². The van der Waals surface area contributed by atoms with Crippen molar-refractivity contribution in [2.45, 2.75) is 26.4 Å². The van der Waals surface area contributed by atoms with Gasteiger partial charge in [0.2, 0.25) is 0 Å². The zero-order valence-electron chi connectivity index (χ0n) is 5.32. The highest BCUT2D eigenvalue weighted by atomic mass is 35.5. The Morgan fingerprint density at radius 2 is 1.29 bits per heavy atom. The van der Waals surface area contributed by atoms with Crippen molar-refractivity contribution >= 4 is 12.4 Å². The zero-order valence-corrected chi connectivity index (χ0v) is 6.13. The van der Waals surface area contributed by atoms with Crippen LogP contribution >= 0.6 is 12.4 Å². The van der Waals surface area contributed by atoms with Gasteiger partial charge in [-0.3, -0.25) is 0 Å². The first-order valence-electron chi connectivity index (χ1n) is 2.11. The van der Waals surface area contributed by atoms with Crippen LogP contribution < -0.4 is 0 Å². The standard InChI is InChI=1S/C5H12O.ClH/c1-5(2,3)6-4;/h1-4H3;1H. The fourth-order valence-corrected chi connectivity index (χ4v) is 0. The Bertz CT molecular complexity index is 37.8. The molecule has 0 aliphatic rings. The minimum atomic E-state index is 0. The monoisotopic (exact) mass is 124 g/mol. The topological polar surface area (TPSA) is 9.23 Å². The van der Waals surface area contributed by atoms with Gasteiger partial charge < -0.3 is 4.74 Å². The van der Waals surface area contributed by atoms with Crippen LogP contribution in [0.3, 0.4) is 0 Å². The summed E-state index contributed by atoms with van der Waals surface area (Å²) in [5, 5.41) is 0. The Hall–Kier alpha value is 0.250. The molecule has 0 aliphatic heterocycles. The van der Waals surface area contributed by atoms with Gasteiger partial charge in [-0.1, -0.05) is 0 Å². The van der Waals surface area contributed by atoms with Gasteiger partial charge in [-0.15, -0.1) is 12.4 Å². The van der Waals surface area contributed by atoms with Crippen molar-refractivity contribution in [3.8, 4) is 0 Å². The summed E-state index contributed by atoms with van der Waals surface area (Å²) in [5.41, 5.74) is 0.0417. The lowest BCUT2D eigenvalue weighted by molar-refractivity contribution is 0.0397. The van der Waals surface area contributed by atoms with Crippen molar-refractivity contribution in [3.63, 3.8) is 0 Å². The molecule has 1 nitrogen and oxygen atoms in total. The second-order valence-electron chi connectivity index (χ2n) is 2.32. The number of ether oxygens (including phenoxy) is 1. The van der Waals surface area contributed by atoms with Crippen molar-refractivity contribution in [2.24, 2.45) is 0 Å². The molecule has 0 aromatic heterocycles. The van der Waals surface area contributed by atoms with E-state index in [0.29, 0.717) is 0 Å². The van der Waals surface area contributed by atoms with Crippen molar-refractivity contribution in [2.75, 3.05) is 7.11 Å². The number of hydrogen-bond donors (Lipinski definition) is 0. The van der Waals surface area contributed by atoms with E-state index in [2.05, 4.69) is 0 Å². The molecule has 7 heavy (non-hydrogen) atoms. The van der Waals surface area contributed by atoms with Crippen LogP contribution in [0.4, 0.5) is 0 Å². The van der Waals surface area contributed by atoms with Crippen LogP contribution in [0, 0.1) is 0 Å². The largest absolute Gasteiger partial charge is 0.379 e. The van der Waals surface area contributed by atoms with E-state index in [1.54, 1.807) is 7.11 Å². The molecule has 0 aromatic carbocycles. The number of rotatable bonds is 0. The molecule has 0 spiro atoms. The lowest BCUT2D eigenvalue weighted by Gasteiger charge is -2.14. The quantitative estimate of drug-likeness (QED) is 0.479. The third kappa shape index (κ3) is 10.7. The van der Waals surface area contributed by atoms with Crippen molar-refractivity contribution < 1.29 is 4.74 Å². The first-order valence-corrected chi connectivity index (χ1v) is 2.11. The van der Waals surface area contributed by atoms with E-state index >= 15 is 0 Å². The molecule has 0 bridgehead atoms. The van der Waals surface area contributed by atoms with Crippen LogP contribution in [0.2, 0.25) is 0 Å².